The lowest BCUT2D eigenvalue weighted by Crippen LogP contribution is -2.32. The van der Waals surface area contributed by atoms with E-state index in [1.165, 1.54) is 24.0 Å². The molecule has 0 fully saturated rings. The highest BCUT2D eigenvalue weighted by molar-refractivity contribution is 5.96. The molecule has 0 saturated carbocycles. The fourth-order valence-electron chi connectivity index (χ4n) is 3.63. The van der Waals surface area contributed by atoms with E-state index in [0.29, 0.717) is 24.3 Å². The molecule has 2 aromatic rings. The third-order valence-electron chi connectivity index (χ3n) is 5.26. The van der Waals surface area contributed by atoms with E-state index in [2.05, 4.69) is 17.4 Å². The Kier molecular flexibility index (Phi) is 6.91. The molecule has 0 spiro atoms. The highest BCUT2D eigenvalue weighted by Crippen LogP contribution is 2.26. The number of anilines is 1. The first-order chi connectivity index (χ1) is 14.0. The van der Waals surface area contributed by atoms with E-state index in [0.717, 1.165) is 24.2 Å². The predicted molar refractivity (Wildman–Crippen MR) is 114 cm³/mol. The summed E-state index contributed by atoms with van der Waals surface area (Å²) in [5, 5.41) is 2.93. The van der Waals surface area contributed by atoms with Crippen LogP contribution in [0.15, 0.2) is 36.4 Å². The topological polar surface area (TPSA) is 64.6 Å². The highest BCUT2D eigenvalue weighted by atomic mass is 16.5. The lowest BCUT2D eigenvalue weighted by atomic mass is 9.92. The van der Waals surface area contributed by atoms with Gasteiger partial charge in [-0.15, -0.1) is 0 Å². The Morgan fingerprint density at radius 1 is 1.03 bits per heavy atom. The largest absolute Gasteiger partial charge is 0.481 e. The maximum atomic E-state index is 12.8. The minimum atomic E-state index is -0.583. The molecule has 0 aliphatic heterocycles. The zero-order valence-electron chi connectivity index (χ0n) is 17.4. The van der Waals surface area contributed by atoms with Gasteiger partial charge in [0.1, 0.15) is 5.75 Å². The lowest BCUT2D eigenvalue weighted by molar-refractivity contribution is -0.122. The highest BCUT2D eigenvalue weighted by Gasteiger charge is 2.20. The summed E-state index contributed by atoms with van der Waals surface area (Å²) in [7, 11) is 0. The van der Waals surface area contributed by atoms with Crippen LogP contribution in [0.1, 0.15) is 60.2 Å². The third-order valence-corrected chi connectivity index (χ3v) is 5.26. The number of amides is 1. The van der Waals surface area contributed by atoms with Crippen LogP contribution in [0, 0.1) is 6.92 Å². The Hall–Kier alpha value is -2.82. The molecule has 0 aromatic heterocycles. The molecule has 1 aliphatic carbocycles. The number of carbonyl (C=O) groups excluding carboxylic acids is 2. The zero-order chi connectivity index (χ0) is 20.8. The number of fused-ring (bicyclic) bond motifs is 1. The van der Waals surface area contributed by atoms with Crippen LogP contribution < -0.4 is 10.1 Å². The van der Waals surface area contributed by atoms with E-state index in [1.807, 2.05) is 19.9 Å². The molecule has 5 nitrogen and oxygen atoms in total. The van der Waals surface area contributed by atoms with Gasteiger partial charge in [-0.25, -0.2) is 4.79 Å². The summed E-state index contributed by atoms with van der Waals surface area (Å²) >= 11 is 0. The van der Waals surface area contributed by atoms with Crippen LogP contribution in [0.25, 0.3) is 0 Å². The zero-order valence-corrected chi connectivity index (χ0v) is 17.4. The third kappa shape index (κ3) is 5.17. The second kappa shape index (κ2) is 9.59. The monoisotopic (exact) mass is 395 g/mol. The fraction of sp³-hybridized carbons (Fsp3) is 0.417. The van der Waals surface area contributed by atoms with Crippen molar-refractivity contribution in [3.63, 3.8) is 0 Å². The summed E-state index contributed by atoms with van der Waals surface area (Å²) in [6, 6.07) is 11.3. The molecule has 0 saturated heterocycles. The van der Waals surface area contributed by atoms with Gasteiger partial charge in [-0.05, 0) is 93.0 Å². The average molecular weight is 395 g/mol. The van der Waals surface area contributed by atoms with Gasteiger partial charge in [0.2, 0.25) is 0 Å². The maximum absolute atomic E-state index is 12.8. The van der Waals surface area contributed by atoms with Crippen molar-refractivity contribution in [2.45, 2.75) is 59.0 Å². The van der Waals surface area contributed by atoms with Crippen molar-refractivity contribution in [1.82, 2.24) is 0 Å². The Morgan fingerprint density at radius 3 is 2.48 bits per heavy atom. The number of hydrogen-bond donors (Lipinski definition) is 1. The molecule has 0 bridgehead atoms. The van der Waals surface area contributed by atoms with Gasteiger partial charge in [0.05, 0.1) is 12.2 Å². The summed E-state index contributed by atoms with van der Waals surface area (Å²) in [6.07, 6.45) is 4.61. The van der Waals surface area contributed by atoms with Crippen molar-refractivity contribution in [3.05, 3.63) is 58.7 Å². The van der Waals surface area contributed by atoms with E-state index >= 15 is 0 Å². The number of ether oxygens (including phenoxy) is 2. The molecule has 29 heavy (non-hydrogen) atoms. The van der Waals surface area contributed by atoms with E-state index < -0.39 is 6.10 Å². The van der Waals surface area contributed by atoms with Gasteiger partial charge in [0, 0.05) is 5.69 Å². The first kappa shape index (κ1) is 20.9. The fourth-order valence-corrected chi connectivity index (χ4v) is 3.63. The van der Waals surface area contributed by atoms with Gasteiger partial charge in [0.15, 0.2) is 6.10 Å². The standard InChI is InChI=1S/C24H29NO4/c1-4-22(29-20-12-10-17-8-6-7-9-18(17)15-20)23(26)25-21-13-11-19(14-16(21)3)24(27)28-5-2/h10-15,22H,4-9H2,1-3H3,(H,25,26). The van der Waals surface area contributed by atoms with Gasteiger partial charge < -0.3 is 14.8 Å². The molecule has 1 atom stereocenters. The molecule has 154 valence electrons. The molecule has 0 radical (unpaired) electrons. The number of aryl methyl sites for hydroxylation is 3. The summed E-state index contributed by atoms with van der Waals surface area (Å²) in [5.74, 6) is 0.176. The molecule has 3 rings (SSSR count). The minimum absolute atomic E-state index is 0.197. The summed E-state index contributed by atoms with van der Waals surface area (Å²) in [4.78, 5) is 24.6. The SMILES string of the molecule is CCOC(=O)c1ccc(NC(=O)C(CC)Oc2ccc3c(c2)CCCC3)c(C)c1. The molecular weight excluding hydrogens is 366 g/mol. The van der Waals surface area contributed by atoms with Crippen molar-refractivity contribution < 1.29 is 19.1 Å². The summed E-state index contributed by atoms with van der Waals surface area (Å²) < 4.78 is 11.0. The molecule has 1 N–H and O–H groups in total. The van der Waals surface area contributed by atoms with Crippen molar-refractivity contribution in [2.24, 2.45) is 0 Å². The van der Waals surface area contributed by atoms with Crippen LogP contribution in [-0.2, 0) is 22.4 Å². The van der Waals surface area contributed by atoms with Crippen LogP contribution in [0.3, 0.4) is 0 Å². The van der Waals surface area contributed by atoms with Crippen LogP contribution in [-0.4, -0.2) is 24.6 Å². The molecule has 1 aliphatic rings. The van der Waals surface area contributed by atoms with Crippen LogP contribution >= 0.6 is 0 Å². The smallest absolute Gasteiger partial charge is 0.338 e. The Morgan fingerprint density at radius 2 is 1.79 bits per heavy atom. The summed E-state index contributed by atoms with van der Waals surface area (Å²) in [5.41, 5.74) is 4.65. The van der Waals surface area contributed by atoms with Crippen molar-refractivity contribution in [2.75, 3.05) is 11.9 Å². The van der Waals surface area contributed by atoms with Gasteiger partial charge >= 0.3 is 5.97 Å². The van der Waals surface area contributed by atoms with Gasteiger partial charge in [0.25, 0.3) is 5.91 Å². The Balaban J connectivity index is 1.67. The molecule has 2 aromatic carbocycles. The number of carbonyl (C=O) groups is 2. The van der Waals surface area contributed by atoms with E-state index in [-0.39, 0.29) is 11.9 Å². The van der Waals surface area contributed by atoms with Crippen LogP contribution in [0.5, 0.6) is 5.75 Å². The van der Waals surface area contributed by atoms with Gasteiger partial charge in [-0.1, -0.05) is 13.0 Å². The van der Waals surface area contributed by atoms with Crippen molar-refractivity contribution in [1.29, 1.82) is 0 Å². The number of benzene rings is 2. The first-order valence-corrected chi connectivity index (χ1v) is 10.4. The number of esters is 1. The van der Waals surface area contributed by atoms with E-state index in [9.17, 15) is 9.59 Å². The second-order valence-corrected chi connectivity index (χ2v) is 7.39. The maximum Gasteiger partial charge on any atom is 0.338 e. The van der Waals surface area contributed by atoms with E-state index in [4.69, 9.17) is 9.47 Å². The lowest BCUT2D eigenvalue weighted by Gasteiger charge is -2.21. The second-order valence-electron chi connectivity index (χ2n) is 7.39. The quantitative estimate of drug-likeness (QED) is 0.681. The summed E-state index contributed by atoms with van der Waals surface area (Å²) in [6.45, 7) is 5.88. The van der Waals surface area contributed by atoms with Crippen LogP contribution in [0.2, 0.25) is 0 Å². The molecule has 5 heteroatoms. The van der Waals surface area contributed by atoms with Crippen molar-refractivity contribution >= 4 is 17.6 Å². The number of hydrogen-bond acceptors (Lipinski definition) is 4. The molecule has 1 amide bonds. The van der Waals surface area contributed by atoms with Crippen LogP contribution in [0.4, 0.5) is 5.69 Å². The van der Waals surface area contributed by atoms with E-state index in [1.54, 1.807) is 25.1 Å². The molecule has 0 heterocycles. The van der Waals surface area contributed by atoms with Gasteiger partial charge in [-0.3, -0.25) is 4.79 Å². The van der Waals surface area contributed by atoms with Gasteiger partial charge in [-0.2, -0.15) is 0 Å². The normalized spacial score (nSPS) is 13.9. The predicted octanol–water partition coefficient (Wildman–Crippen LogP) is 4.85. The molecular formula is C24H29NO4. The number of rotatable bonds is 7. The number of nitrogens with one attached hydrogen (secondary N) is 1. The van der Waals surface area contributed by atoms with Crippen molar-refractivity contribution in [3.8, 4) is 5.75 Å². The first-order valence-electron chi connectivity index (χ1n) is 10.4. The Labute approximate surface area is 172 Å². The average Bonchev–Trinajstić information content (AvgIpc) is 2.73. The minimum Gasteiger partial charge on any atom is -0.481 e. The molecule has 1 unspecified atom stereocenters. The Bertz CT molecular complexity index is 890.